The number of aryl methyl sites for hydroxylation is 2. The predicted octanol–water partition coefficient (Wildman–Crippen LogP) is 1.40. The summed E-state index contributed by atoms with van der Waals surface area (Å²) in [5, 5.41) is 7.19. The van der Waals surface area contributed by atoms with E-state index in [-0.39, 0.29) is 18.1 Å². The van der Waals surface area contributed by atoms with Gasteiger partial charge < -0.3 is 5.32 Å². The van der Waals surface area contributed by atoms with Crippen LogP contribution in [0.1, 0.15) is 36.2 Å². The molecule has 0 spiro atoms. The molecule has 2 heterocycles. The van der Waals surface area contributed by atoms with Crippen molar-refractivity contribution in [1.29, 1.82) is 0 Å². The van der Waals surface area contributed by atoms with E-state index in [4.69, 9.17) is 0 Å². The predicted molar refractivity (Wildman–Crippen MR) is 87.1 cm³/mol. The fraction of sp³-hybridized carbons (Fsp3) is 0.471. The Hall–Kier alpha value is -2.37. The Labute approximate surface area is 135 Å². The van der Waals surface area contributed by atoms with E-state index in [9.17, 15) is 9.59 Å². The van der Waals surface area contributed by atoms with E-state index in [2.05, 4.69) is 10.4 Å². The zero-order valence-corrected chi connectivity index (χ0v) is 13.4. The van der Waals surface area contributed by atoms with Gasteiger partial charge in [0.15, 0.2) is 0 Å². The Bertz CT molecular complexity index is 760. The summed E-state index contributed by atoms with van der Waals surface area (Å²) < 4.78 is 3.00. The number of fused-ring (bicyclic) bond motifs is 1. The van der Waals surface area contributed by atoms with Crippen molar-refractivity contribution in [2.24, 2.45) is 0 Å². The summed E-state index contributed by atoms with van der Waals surface area (Å²) in [5.74, 6) is 0.614. The summed E-state index contributed by atoms with van der Waals surface area (Å²) in [7, 11) is 0. The second-order valence-electron chi connectivity index (χ2n) is 6.02. The second kappa shape index (κ2) is 6.81. The molecule has 1 aliphatic heterocycles. The van der Waals surface area contributed by atoms with Gasteiger partial charge in [-0.3, -0.25) is 9.36 Å². The Morgan fingerprint density at radius 2 is 2.09 bits per heavy atom. The normalized spacial score (nSPS) is 14.1. The highest BCUT2D eigenvalue weighted by Gasteiger charge is 2.17. The van der Waals surface area contributed by atoms with E-state index in [0.29, 0.717) is 13.1 Å². The number of aromatic nitrogens is 3. The van der Waals surface area contributed by atoms with Crippen LogP contribution in [0, 0.1) is 6.92 Å². The number of amides is 1. The third-order valence-corrected chi connectivity index (χ3v) is 4.31. The summed E-state index contributed by atoms with van der Waals surface area (Å²) in [6.45, 7) is 3.16. The molecule has 23 heavy (non-hydrogen) atoms. The van der Waals surface area contributed by atoms with Crippen LogP contribution < -0.4 is 11.0 Å². The van der Waals surface area contributed by atoms with Gasteiger partial charge in [0.05, 0.1) is 0 Å². The SMILES string of the molecule is Cc1ccccc1CNC(=O)Cn1nc2n(c1=O)CCCCC2. The average molecular weight is 314 g/mol. The molecule has 0 saturated heterocycles. The van der Waals surface area contributed by atoms with Crippen molar-refractivity contribution in [2.45, 2.75) is 52.2 Å². The molecule has 0 atom stereocenters. The van der Waals surface area contributed by atoms with Crippen LogP contribution in [0.25, 0.3) is 0 Å². The molecule has 0 saturated carbocycles. The lowest BCUT2D eigenvalue weighted by atomic mass is 10.1. The number of nitrogens with zero attached hydrogens (tertiary/aromatic N) is 3. The number of hydrogen-bond donors (Lipinski definition) is 1. The molecule has 6 nitrogen and oxygen atoms in total. The van der Waals surface area contributed by atoms with E-state index in [1.807, 2.05) is 31.2 Å². The number of benzene rings is 1. The highest BCUT2D eigenvalue weighted by molar-refractivity contribution is 5.75. The van der Waals surface area contributed by atoms with Crippen LogP contribution in [0.15, 0.2) is 29.1 Å². The zero-order valence-electron chi connectivity index (χ0n) is 13.4. The molecule has 0 unspecified atom stereocenters. The summed E-state index contributed by atoms with van der Waals surface area (Å²) in [5.41, 5.74) is 2.04. The van der Waals surface area contributed by atoms with Crippen molar-refractivity contribution in [3.8, 4) is 0 Å². The molecule has 6 heteroatoms. The maximum atomic E-state index is 12.3. The largest absolute Gasteiger partial charge is 0.350 e. The van der Waals surface area contributed by atoms with Gasteiger partial charge >= 0.3 is 5.69 Å². The van der Waals surface area contributed by atoms with Crippen LogP contribution in [0.5, 0.6) is 0 Å². The molecule has 0 radical (unpaired) electrons. The molecule has 1 aliphatic rings. The molecule has 122 valence electrons. The topological polar surface area (TPSA) is 68.9 Å². The van der Waals surface area contributed by atoms with Gasteiger partial charge in [0.2, 0.25) is 5.91 Å². The van der Waals surface area contributed by atoms with Crippen molar-refractivity contribution in [3.05, 3.63) is 51.7 Å². The van der Waals surface area contributed by atoms with Gasteiger partial charge in [-0.1, -0.05) is 30.7 Å². The Morgan fingerprint density at radius 1 is 1.26 bits per heavy atom. The van der Waals surface area contributed by atoms with Crippen LogP contribution in [0.4, 0.5) is 0 Å². The van der Waals surface area contributed by atoms with Crippen molar-refractivity contribution in [2.75, 3.05) is 0 Å². The summed E-state index contributed by atoms with van der Waals surface area (Å²) in [4.78, 5) is 24.4. The maximum absolute atomic E-state index is 12.3. The van der Waals surface area contributed by atoms with Gasteiger partial charge in [0, 0.05) is 19.5 Å². The van der Waals surface area contributed by atoms with Crippen LogP contribution in [-0.2, 0) is 30.8 Å². The van der Waals surface area contributed by atoms with Gasteiger partial charge in [0.1, 0.15) is 12.4 Å². The van der Waals surface area contributed by atoms with Crippen LogP contribution in [0.3, 0.4) is 0 Å². The standard InChI is InChI=1S/C17H22N4O2/c1-13-7-4-5-8-14(13)11-18-16(22)12-21-17(23)20-10-6-2-3-9-15(20)19-21/h4-5,7-8H,2-3,6,9-12H2,1H3,(H,18,22). The molecule has 1 aromatic carbocycles. The smallest absolute Gasteiger partial charge is 0.346 e. The molecule has 0 aliphatic carbocycles. The third-order valence-electron chi connectivity index (χ3n) is 4.31. The highest BCUT2D eigenvalue weighted by atomic mass is 16.2. The first-order valence-corrected chi connectivity index (χ1v) is 8.13. The molecule has 0 fully saturated rings. The van der Waals surface area contributed by atoms with Crippen molar-refractivity contribution < 1.29 is 4.79 Å². The van der Waals surface area contributed by atoms with E-state index in [1.54, 1.807) is 4.57 Å². The molecule has 1 amide bonds. The fourth-order valence-electron chi connectivity index (χ4n) is 2.92. The van der Waals surface area contributed by atoms with E-state index in [0.717, 1.165) is 42.6 Å². The third kappa shape index (κ3) is 3.52. The second-order valence-corrected chi connectivity index (χ2v) is 6.02. The number of hydrogen-bond acceptors (Lipinski definition) is 3. The molecular weight excluding hydrogens is 292 g/mol. The number of carbonyl (C=O) groups excluding carboxylic acids is 1. The van der Waals surface area contributed by atoms with E-state index >= 15 is 0 Å². The van der Waals surface area contributed by atoms with E-state index in [1.165, 1.54) is 4.68 Å². The van der Waals surface area contributed by atoms with Crippen LogP contribution in [-0.4, -0.2) is 20.3 Å². The lowest BCUT2D eigenvalue weighted by Crippen LogP contribution is -2.33. The summed E-state index contributed by atoms with van der Waals surface area (Å²) >= 11 is 0. The van der Waals surface area contributed by atoms with Gasteiger partial charge in [-0.25, -0.2) is 9.48 Å². The zero-order chi connectivity index (χ0) is 16.2. The monoisotopic (exact) mass is 314 g/mol. The molecule has 1 N–H and O–H groups in total. The van der Waals surface area contributed by atoms with Crippen LogP contribution in [0.2, 0.25) is 0 Å². The Balaban J connectivity index is 1.64. The first-order valence-electron chi connectivity index (χ1n) is 8.13. The molecule has 1 aromatic heterocycles. The Kier molecular flexibility index (Phi) is 4.60. The molecule has 0 bridgehead atoms. The summed E-state index contributed by atoms with van der Waals surface area (Å²) in [6.07, 6.45) is 3.99. The number of rotatable bonds is 4. The first-order chi connectivity index (χ1) is 11.1. The Morgan fingerprint density at radius 3 is 2.91 bits per heavy atom. The molecule has 2 aromatic rings. The quantitative estimate of drug-likeness (QED) is 0.927. The van der Waals surface area contributed by atoms with Gasteiger partial charge in [-0.05, 0) is 30.9 Å². The lowest BCUT2D eigenvalue weighted by Gasteiger charge is -2.07. The number of carbonyl (C=O) groups is 1. The average Bonchev–Trinajstić information content (AvgIpc) is 2.72. The van der Waals surface area contributed by atoms with Crippen molar-refractivity contribution in [3.63, 3.8) is 0 Å². The molecular formula is C17H22N4O2. The minimum absolute atomic E-state index is 0.0231. The maximum Gasteiger partial charge on any atom is 0.346 e. The van der Waals surface area contributed by atoms with Gasteiger partial charge in [-0.15, -0.1) is 0 Å². The minimum Gasteiger partial charge on any atom is -0.350 e. The minimum atomic E-state index is -0.191. The first kappa shape index (κ1) is 15.5. The number of nitrogens with one attached hydrogen (secondary N) is 1. The van der Waals surface area contributed by atoms with Crippen LogP contribution >= 0.6 is 0 Å². The fourth-order valence-corrected chi connectivity index (χ4v) is 2.92. The molecule has 3 rings (SSSR count). The summed E-state index contributed by atoms with van der Waals surface area (Å²) in [6, 6.07) is 7.92. The van der Waals surface area contributed by atoms with Gasteiger partial charge in [-0.2, -0.15) is 5.10 Å². The van der Waals surface area contributed by atoms with Crippen molar-refractivity contribution in [1.82, 2.24) is 19.7 Å². The lowest BCUT2D eigenvalue weighted by molar-refractivity contribution is -0.122. The van der Waals surface area contributed by atoms with Gasteiger partial charge in [0.25, 0.3) is 0 Å². The van der Waals surface area contributed by atoms with Crippen molar-refractivity contribution >= 4 is 5.91 Å². The highest BCUT2D eigenvalue weighted by Crippen LogP contribution is 2.10. The van der Waals surface area contributed by atoms with E-state index < -0.39 is 0 Å².